The molecule has 440 valence electrons. The fourth-order valence-electron chi connectivity index (χ4n) is 11.9. The molecule has 0 spiro atoms. The van der Waals surface area contributed by atoms with Gasteiger partial charge in [-0.25, -0.2) is 19.6 Å². The summed E-state index contributed by atoms with van der Waals surface area (Å²) in [4.78, 5) is 49.3. The Morgan fingerprint density at radius 3 is 1.42 bits per heavy atom. The average molecular weight is 1220 g/mol. The average Bonchev–Trinajstić information content (AvgIpc) is 2.53. The molecule has 2 aliphatic rings. The van der Waals surface area contributed by atoms with Crippen molar-refractivity contribution in [3.63, 3.8) is 0 Å². The van der Waals surface area contributed by atoms with Crippen molar-refractivity contribution in [2.24, 2.45) is 14.1 Å². The van der Waals surface area contributed by atoms with E-state index in [1.807, 2.05) is 144 Å². The Hall–Kier alpha value is -7.09. The molecule has 2 fully saturated rings. The maximum Gasteiger partial charge on any atom is 0.337 e. The standard InChI is InChI=1S/C34H35ClN4O4S.C32H33ClN4O3S/c1-18-15-25-31(28(20-7-10-23(35)11-8-20)27(18)30(33(41)42)43-34(3,4)5)44-32(36-25)21-9-12-26-24(16-21)29(37-38(26)6)22-13-14-39(17-22)19(2)40;1-17-14-23-29(26(18-6-9-21(33)10-7-18)25(17)28(31(38)39)40-32(2,3)4)41-30(35-23)19-8-11-24-22(15-19)27(36-37(24)5)20-12-13-34-16-20/h7-12,15-16,22,30H,13-14,17H2,1-6H3,(H,41,42);6-11,14-15,20,28,34H,12-13,16H2,1-5H3,(H,38,39)/t22?,30-;20?,28-/m00/s1. The molecule has 1 amide bonds. The molecule has 2 unspecified atom stereocenters. The summed E-state index contributed by atoms with van der Waals surface area (Å²) in [7, 11) is 3.94. The summed E-state index contributed by atoms with van der Waals surface area (Å²) >= 11 is 15.6. The molecule has 15 nitrogen and oxygen atoms in total. The van der Waals surface area contributed by atoms with Crippen LogP contribution in [0.15, 0.2) is 97.1 Å². The summed E-state index contributed by atoms with van der Waals surface area (Å²) in [6, 6.07) is 31.6. The fourth-order valence-corrected chi connectivity index (χ4v) is 14.4. The van der Waals surface area contributed by atoms with Crippen LogP contribution in [0.5, 0.6) is 0 Å². The molecule has 2 aliphatic heterocycles. The number of hydrogen-bond donors (Lipinski definition) is 3. The quantitative estimate of drug-likeness (QED) is 0.105. The van der Waals surface area contributed by atoms with E-state index in [0.717, 1.165) is 141 Å². The Morgan fingerprint density at radius 1 is 0.624 bits per heavy atom. The number of rotatable bonds is 12. The normalized spacial score (nSPS) is 16.4. The predicted molar refractivity (Wildman–Crippen MR) is 341 cm³/mol. The number of nitrogens with one attached hydrogen (secondary N) is 1. The lowest BCUT2D eigenvalue weighted by Gasteiger charge is -2.28. The van der Waals surface area contributed by atoms with E-state index in [0.29, 0.717) is 33.6 Å². The van der Waals surface area contributed by atoms with Crippen molar-refractivity contribution in [2.45, 2.75) is 110 Å². The summed E-state index contributed by atoms with van der Waals surface area (Å²) in [5, 5.41) is 39.0. The molecule has 0 saturated carbocycles. The second-order valence-electron chi connectivity index (χ2n) is 24.2. The van der Waals surface area contributed by atoms with Gasteiger partial charge in [0, 0.05) is 107 Å². The van der Waals surface area contributed by atoms with E-state index in [1.54, 1.807) is 18.3 Å². The Labute approximate surface area is 511 Å². The zero-order valence-electron chi connectivity index (χ0n) is 49.4. The Balaban J connectivity index is 0.000000177. The first-order chi connectivity index (χ1) is 40.3. The van der Waals surface area contributed by atoms with E-state index < -0.39 is 35.3 Å². The number of fused-ring (bicyclic) bond motifs is 4. The number of carboxylic acids is 2. The molecule has 0 aliphatic carbocycles. The van der Waals surface area contributed by atoms with E-state index in [1.165, 1.54) is 11.3 Å². The minimum Gasteiger partial charge on any atom is -0.479 e. The number of carboxylic acid groups (broad SMARTS) is 2. The lowest BCUT2D eigenvalue weighted by molar-refractivity contribution is -0.161. The predicted octanol–water partition coefficient (Wildman–Crippen LogP) is 15.3. The number of thiazole rings is 2. The zero-order valence-corrected chi connectivity index (χ0v) is 52.6. The van der Waals surface area contributed by atoms with Crippen LogP contribution in [-0.2, 0) is 38.0 Å². The highest BCUT2D eigenvalue weighted by molar-refractivity contribution is 7.22. The number of hydrogen-bond acceptors (Lipinski definition) is 12. The van der Waals surface area contributed by atoms with Gasteiger partial charge in [0.1, 0.15) is 10.0 Å². The topological polar surface area (TPSA) is 187 Å². The molecule has 6 aromatic carbocycles. The molecular formula is C66H68Cl2N8O7S2. The highest BCUT2D eigenvalue weighted by atomic mass is 35.5. The number of benzene rings is 6. The van der Waals surface area contributed by atoms with Crippen LogP contribution < -0.4 is 5.32 Å². The van der Waals surface area contributed by atoms with E-state index in [9.17, 15) is 24.6 Å². The van der Waals surface area contributed by atoms with Gasteiger partial charge in [-0.15, -0.1) is 22.7 Å². The lowest BCUT2D eigenvalue weighted by Crippen LogP contribution is -2.28. The van der Waals surface area contributed by atoms with Crippen LogP contribution in [0.1, 0.15) is 119 Å². The molecule has 3 N–H and O–H groups in total. The summed E-state index contributed by atoms with van der Waals surface area (Å²) in [5.74, 6) is -1.43. The van der Waals surface area contributed by atoms with Crippen LogP contribution in [0, 0.1) is 13.8 Å². The van der Waals surface area contributed by atoms with Crippen LogP contribution in [0.4, 0.5) is 0 Å². The van der Waals surface area contributed by atoms with Gasteiger partial charge in [-0.2, -0.15) is 10.2 Å². The van der Waals surface area contributed by atoms with Gasteiger partial charge >= 0.3 is 11.9 Å². The van der Waals surface area contributed by atoms with Crippen LogP contribution in [0.2, 0.25) is 10.0 Å². The molecule has 85 heavy (non-hydrogen) atoms. The van der Waals surface area contributed by atoms with Crippen molar-refractivity contribution >= 4 is 106 Å². The highest BCUT2D eigenvalue weighted by Gasteiger charge is 2.35. The third-order valence-corrected chi connectivity index (χ3v) is 18.5. The van der Waals surface area contributed by atoms with Gasteiger partial charge in [-0.1, -0.05) is 47.5 Å². The first-order valence-corrected chi connectivity index (χ1v) is 30.8. The number of aryl methyl sites for hydroxylation is 4. The summed E-state index contributed by atoms with van der Waals surface area (Å²) in [6.45, 7) is 20.0. The lowest BCUT2D eigenvalue weighted by atomic mass is 9.91. The maximum atomic E-state index is 12.7. The molecule has 10 aromatic rings. The molecule has 6 heterocycles. The summed E-state index contributed by atoms with van der Waals surface area (Å²) in [6.07, 6.45) is -0.369. The minimum atomic E-state index is -1.18. The Bertz CT molecular complexity index is 4240. The van der Waals surface area contributed by atoms with Crippen molar-refractivity contribution in [2.75, 3.05) is 26.2 Å². The molecular weight excluding hydrogens is 1150 g/mol. The number of halogens is 2. The molecule has 19 heteroatoms. The number of amides is 1. The minimum absolute atomic E-state index is 0.0899. The van der Waals surface area contributed by atoms with E-state index in [2.05, 4.69) is 41.7 Å². The van der Waals surface area contributed by atoms with Crippen molar-refractivity contribution in [3.05, 3.63) is 141 Å². The zero-order chi connectivity index (χ0) is 60.6. The molecule has 0 radical (unpaired) electrons. The van der Waals surface area contributed by atoms with E-state index in [-0.39, 0.29) is 11.8 Å². The number of ether oxygens (including phenoxy) is 2. The van der Waals surface area contributed by atoms with Gasteiger partial charge in [0.25, 0.3) is 0 Å². The second kappa shape index (κ2) is 23.3. The third-order valence-electron chi connectivity index (χ3n) is 15.8. The summed E-state index contributed by atoms with van der Waals surface area (Å²) < 4.78 is 18.0. The number of aliphatic carboxylic acids is 2. The van der Waals surface area contributed by atoms with E-state index >= 15 is 0 Å². The van der Waals surface area contributed by atoms with Gasteiger partial charge in [0.15, 0.2) is 12.2 Å². The van der Waals surface area contributed by atoms with Crippen LogP contribution in [-0.4, -0.2) is 99.9 Å². The van der Waals surface area contributed by atoms with Crippen LogP contribution >= 0.6 is 45.9 Å². The van der Waals surface area contributed by atoms with Gasteiger partial charge in [0.2, 0.25) is 5.91 Å². The van der Waals surface area contributed by atoms with E-state index in [4.69, 9.17) is 52.8 Å². The number of aromatic nitrogens is 6. The highest BCUT2D eigenvalue weighted by Crippen LogP contribution is 2.48. The first kappa shape index (κ1) is 59.6. The van der Waals surface area contributed by atoms with Crippen molar-refractivity contribution in [1.82, 2.24) is 39.7 Å². The second-order valence-corrected chi connectivity index (χ2v) is 27.1. The SMILES string of the molecule is CC(=O)N1CCC(c2nn(C)c3ccc(-c4nc5cc(C)c([C@H](OC(C)(C)C)C(=O)O)c(-c6ccc(Cl)cc6)c5s4)cc23)C1.Cc1cc2nc(-c3ccc4c(c3)c(C3CCNC3)nn4C)sc2c(-c2ccc(Cl)cc2)c1[C@H](OC(C)(C)C)C(=O)O. The van der Waals surface area contributed by atoms with Gasteiger partial charge < -0.3 is 29.9 Å². The number of nitrogens with zero attached hydrogens (tertiary/aromatic N) is 7. The largest absolute Gasteiger partial charge is 0.479 e. The number of carbonyl (C=O) groups is 3. The first-order valence-electron chi connectivity index (χ1n) is 28.4. The van der Waals surface area contributed by atoms with Gasteiger partial charge in [-0.3, -0.25) is 14.2 Å². The number of carbonyl (C=O) groups excluding carboxylic acids is 1. The molecule has 2 saturated heterocycles. The maximum absolute atomic E-state index is 12.7. The van der Waals surface area contributed by atoms with Gasteiger partial charge in [-0.05, 0) is 170 Å². The fraction of sp³-hybridized carbons (Fsp3) is 0.348. The third kappa shape index (κ3) is 12.1. The van der Waals surface area contributed by atoms with Crippen LogP contribution in [0.25, 0.3) is 85.6 Å². The molecule has 0 bridgehead atoms. The van der Waals surface area contributed by atoms with Gasteiger partial charge in [0.05, 0.1) is 54.1 Å². The molecule has 4 atom stereocenters. The van der Waals surface area contributed by atoms with Crippen molar-refractivity contribution in [1.29, 1.82) is 0 Å². The van der Waals surface area contributed by atoms with Crippen molar-refractivity contribution < 1.29 is 34.1 Å². The Kier molecular flexibility index (Phi) is 16.3. The molecule has 4 aromatic heterocycles. The smallest absolute Gasteiger partial charge is 0.337 e. The number of likely N-dealkylation sites (tertiary alicyclic amines) is 1. The summed E-state index contributed by atoms with van der Waals surface area (Å²) in [5.41, 5.74) is 12.6. The van der Waals surface area contributed by atoms with Crippen LogP contribution in [0.3, 0.4) is 0 Å². The van der Waals surface area contributed by atoms with Crippen molar-refractivity contribution in [3.8, 4) is 43.4 Å². The molecule has 12 rings (SSSR count). The Morgan fingerprint density at radius 2 is 1.05 bits per heavy atom. The monoisotopic (exact) mass is 1220 g/mol.